The van der Waals surface area contributed by atoms with E-state index in [1.54, 1.807) is 0 Å². The molecule has 7 nitrogen and oxygen atoms in total. The summed E-state index contributed by atoms with van der Waals surface area (Å²) in [6.07, 6.45) is 0.212. The highest BCUT2D eigenvalue weighted by atomic mass is 16.5. The number of carbonyl (C=O) groups excluding carboxylic acids is 1. The molecule has 0 unspecified atom stereocenters. The zero-order chi connectivity index (χ0) is 15.0. The number of benzene rings is 1. The molecule has 0 spiro atoms. The van der Waals surface area contributed by atoms with Gasteiger partial charge in [-0.15, -0.1) is 0 Å². The monoisotopic (exact) mass is 278 g/mol. The fourth-order valence-electron chi connectivity index (χ4n) is 1.37. The molecule has 0 saturated heterocycles. The van der Waals surface area contributed by atoms with Crippen LogP contribution in [0, 0.1) is 11.3 Å². The van der Waals surface area contributed by atoms with Crippen molar-refractivity contribution < 1.29 is 24.2 Å². The van der Waals surface area contributed by atoms with Gasteiger partial charge in [0.05, 0.1) is 25.2 Å². The van der Waals surface area contributed by atoms with Crippen LogP contribution in [0.15, 0.2) is 18.2 Å². The highest BCUT2D eigenvalue weighted by Gasteiger charge is 2.11. The van der Waals surface area contributed by atoms with Crippen molar-refractivity contribution in [3.05, 3.63) is 23.8 Å². The zero-order valence-electron chi connectivity index (χ0n) is 10.9. The lowest BCUT2D eigenvalue weighted by Gasteiger charge is -2.11. The third kappa shape index (κ3) is 4.49. The Kier molecular flexibility index (Phi) is 5.84. The number of amides is 1. The zero-order valence-corrected chi connectivity index (χ0v) is 10.9. The van der Waals surface area contributed by atoms with E-state index in [4.69, 9.17) is 19.8 Å². The lowest BCUT2D eigenvalue weighted by atomic mass is 10.2. The van der Waals surface area contributed by atoms with E-state index in [-0.39, 0.29) is 30.9 Å². The molecule has 0 radical (unpaired) electrons. The smallest absolute Gasteiger partial charge is 0.335 e. The number of carbonyl (C=O) groups is 2. The number of nitrogens with one attached hydrogen (secondary N) is 1. The van der Waals surface area contributed by atoms with E-state index in [1.165, 1.54) is 25.3 Å². The quantitative estimate of drug-likeness (QED) is 0.714. The normalized spacial score (nSPS) is 9.40. The summed E-state index contributed by atoms with van der Waals surface area (Å²) in [4.78, 5) is 22.3. The summed E-state index contributed by atoms with van der Waals surface area (Å²) in [7, 11) is 1.41. The van der Waals surface area contributed by atoms with Gasteiger partial charge in [0.2, 0.25) is 0 Å². The third-order valence-electron chi connectivity index (χ3n) is 2.33. The first kappa shape index (κ1) is 15.3. The van der Waals surface area contributed by atoms with E-state index in [9.17, 15) is 9.59 Å². The van der Waals surface area contributed by atoms with E-state index in [1.807, 2.05) is 6.07 Å². The van der Waals surface area contributed by atoms with Crippen LogP contribution in [0.2, 0.25) is 0 Å². The molecule has 7 heteroatoms. The van der Waals surface area contributed by atoms with E-state index < -0.39 is 11.9 Å². The van der Waals surface area contributed by atoms with Crippen molar-refractivity contribution in [3.63, 3.8) is 0 Å². The topological polar surface area (TPSA) is 109 Å². The van der Waals surface area contributed by atoms with Crippen LogP contribution in [0.5, 0.6) is 11.5 Å². The Bertz CT molecular complexity index is 536. The van der Waals surface area contributed by atoms with Crippen molar-refractivity contribution in [1.82, 2.24) is 5.32 Å². The summed E-state index contributed by atoms with van der Waals surface area (Å²) in [6, 6.07) is 6.00. The third-order valence-corrected chi connectivity index (χ3v) is 2.33. The molecule has 0 fully saturated rings. The van der Waals surface area contributed by atoms with Crippen LogP contribution in [0.3, 0.4) is 0 Å². The fraction of sp³-hybridized carbons (Fsp3) is 0.308. The number of nitrogens with zero attached hydrogens (tertiary/aromatic N) is 1. The van der Waals surface area contributed by atoms with Gasteiger partial charge in [0.25, 0.3) is 5.91 Å². The Balaban J connectivity index is 2.66. The minimum atomic E-state index is -1.10. The van der Waals surface area contributed by atoms with Crippen molar-refractivity contribution in [1.29, 1.82) is 5.26 Å². The van der Waals surface area contributed by atoms with Gasteiger partial charge in [-0.25, -0.2) is 4.79 Å². The molecule has 0 saturated carbocycles. The molecule has 0 atom stereocenters. The molecule has 1 rings (SSSR count). The van der Waals surface area contributed by atoms with Crippen LogP contribution in [-0.2, 0) is 4.79 Å². The first-order valence-corrected chi connectivity index (χ1v) is 5.76. The van der Waals surface area contributed by atoms with Gasteiger partial charge < -0.3 is 19.9 Å². The molecule has 0 aliphatic carbocycles. The molecule has 20 heavy (non-hydrogen) atoms. The second-order valence-corrected chi connectivity index (χ2v) is 3.72. The fourth-order valence-corrected chi connectivity index (χ4v) is 1.37. The van der Waals surface area contributed by atoms with Crippen LogP contribution in [0.1, 0.15) is 16.8 Å². The van der Waals surface area contributed by atoms with Crippen LogP contribution in [0.25, 0.3) is 0 Å². The lowest BCUT2D eigenvalue weighted by molar-refractivity contribution is -0.123. The van der Waals surface area contributed by atoms with Gasteiger partial charge in [-0.3, -0.25) is 4.79 Å². The number of nitriles is 1. The number of ether oxygens (including phenoxy) is 2. The minimum absolute atomic E-state index is 0.0330. The summed E-state index contributed by atoms with van der Waals surface area (Å²) in [5, 5.41) is 19.7. The predicted octanol–water partition coefficient (Wildman–Crippen LogP) is 0.802. The maximum absolute atomic E-state index is 11.4. The van der Waals surface area contributed by atoms with Crippen LogP contribution < -0.4 is 14.8 Å². The molecule has 0 aromatic heterocycles. The summed E-state index contributed by atoms with van der Waals surface area (Å²) in [5.41, 5.74) is 0.0330. The number of rotatable bonds is 7. The Morgan fingerprint density at radius 3 is 2.75 bits per heavy atom. The van der Waals surface area contributed by atoms with Gasteiger partial charge in [0.15, 0.2) is 18.1 Å². The summed E-state index contributed by atoms with van der Waals surface area (Å²) < 4.78 is 10.2. The van der Waals surface area contributed by atoms with Gasteiger partial charge in [-0.2, -0.15) is 5.26 Å². The summed E-state index contributed by atoms with van der Waals surface area (Å²) in [5.74, 6) is -0.998. The Morgan fingerprint density at radius 2 is 2.15 bits per heavy atom. The van der Waals surface area contributed by atoms with Crippen molar-refractivity contribution in [2.24, 2.45) is 0 Å². The Labute approximate surface area is 115 Å². The molecule has 0 heterocycles. The number of carboxylic acids is 1. The van der Waals surface area contributed by atoms with Crippen molar-refractivity contribution in [2.45, 2.75) is 6.42 Å². The number of aromatic carboxylic acids is 1. The average Bonchev–Trinajstić information content (AvgIpc) is 2.45. The SMILES string of the molecule is COc1ccc(C(=O)O)cc1OCC(=O)NCCC#N. The number of methoxy groups -OCH3 is 1. The molecule has 1 amide bonds. The maximum atomic E-state index is 11.4. The summed E-state index contributed by atoms with van der Waals surface area (Å²) in [6.45, 7) is -0.0458. The molecule has 106 valence electrons. The first-order chi connectivity index (χ1) is 9.58. The van der Waals surface area contributed by atoms with Crippen LogP contribution in [-0.4, -0.2) is 37.2 Å². The van der Waals surface area contributed by atoms with Gasteiger partial charge in [0, 0.05) is 6.54 Å². The standard InChI is InChI=1S/C13H14N2O5/c1-19-10-4-3-9(13(17)18)7-11(10)20-8-12(16)15-6-2-5-14/h3-4,7H,2,6,8H2,1H3,(H,15,16)(H,17,18). The Hall–Kier alpha value is -2.75. The first-order valence-electron chi connectivity index (χ1n) is 5.76. The molecular formula is C13H14N2O5. The number of hydrogen-bond donors (Lipinski definition) is 2. The van der Waals surface area contributed by atoms with E-state index in [0.717, 1.165) is 0 Å². The Morgan fingerprint density at radius 1 is 1.40 bits per heavy atom. The minimum Gasteiger partial charge on any atom is -0.493 e. The molecule has 2 N–H and O–H groups in total. The van der Waals surface area contributed by atoms with Gasteiger partial charge in [-0.1, -0.05) is 0 Å². The van der Waals surface area contributed by atoms with Crippen molar-refractivity contribution >= 4 is 11.9 Å². The second-order valence-electron chi connectivity index (χ2n) is 3.72. The molecule has 1 aromatic carbocycles. The highest BCUT2D eigenvalue weighted by molar-refractivity contribution is 5.88. The van der Waals surface area contributed by atoms with E-state index in [2.05, 4.69) is 5.32 Å². The van der Waals surface area contributed by atoms with E-state index in [0.29, 0.717) is 5.75 Å². The lowest BCUT2D eigenvalue weighted by Crippen LogP contribution is -2.29. The molecular weight excluding hydrogens is 264 g/mol. The second kappa shape index (κ2) is 7.63. The number of hydrogen-bond acceptors (Lipinski definition) is 5. The van der Waals surface area contributed by atoms with Gasteiger partial charge in [-0.05, 0) is 18.2 Å². The molecule has 1 aromatic rings. The molecule has 0 aliphatic heterocycles. The van der Waals surface area contributed by atoms with Crippen LogP contribution >= 0.6 is 0 Å². The average molecular weight is 278 g/mol. The van der Waals surface area contributed by atoms with Gasteiger partial charge in [0.1, 0.15) is 0 Å². The van der Waals surface area contributed by atoms with E-state index >= 15 is 0 Å². The van der Waals surface area contributed by atoms with Crippen LogP contribution in [0.4, 0.5) is 0 Å². The summed E-state index contributed by atoms with van der Waals surface area (Å²) >= 11 is 0. The largest absolute Gasteiger partial charge is 0.493 e. The van der Waals surface area contributed by atoms with Crippen molar-refractivity contribution in [2.75, 3.05) is 20.3 Å². The maximum Gasteiger partial charge on any atom is 0.335 e. The highest BCUT2D eigenvalue weighted by Crippen LogP contribution is 2.27. The molecule has 0 aliphatic rings. The van der Waals surface area contributed by atoms with Gasteiger partial charge >= 0.3 is 5.97 Å². The molecule has 0 bridgehead atoms. The van der Waals surface area contributed by atoms with Crippen molar-refractivity contribution in [3.8, 4) is 17.6 Å². The predicted molar refractivity (Wildman–Crippen MR) is 68.7 cm³/mol. The number of carboxylic acid groups (broad SMARTS) is 1.